The Bertz CT molecular complexity index is 683. The zero-order chi connectivity index (χ0) is 14.1. The van der Waals surface area contributed by atoms with E-state index in [1.165, 1.54) is 6.20 Å². The summed E-state index contributed by atoms with van der Waals surface area (Å²) in [5.74, 6) is 0.413. The quantitative estimate of drug-likeness (QED) is 0.907. The van der Waals surface area contributed by atoms with Crippen LogP contribution in [0.2, 0.25) is 0 Å². The molecule has 0 fully saturated rings. The van der Waals surface area contributed by atoms with Crippen LogP contribution in [0, 0.1) is 6.92 Å². The van der Waals surface area contributed by atoms with Crippen LogP contribution in [0.5, 0.6) is 5.75 Å². The molecule has 1 N–H and O–H groups in total. The number of carbonyl (C=O) groups is 1. The van der Waals surface area contributed by atoms with Crippen molar-refractivity contribution >= 4 is 5.97 Å². The number of aromatic carboxylic acids is 1. The number of benzene rings is 1. The predicted molar refractivity (Wildman–Crippen MR) is 73.0 cm³/mol. The zero-order valence-corrected chi connectivity index (χ0v) is 11.1. The van der Waals surface area contributed by atoms with E-state index in [1.807, 2.05) is 18.2 Å². The number of hydrogen-bond acceptors (Lipinski definition) is 4. The van der Waals surface area contributed by atoms with Gasteiger partial charge in [-0.15, -0.1) is 0 Å². The second-order valence-corrected chi connectivity index (χ2v) is 4.76. The summed E-state index contributed by atoms with van der Waals surface area (Å²) in [5, 5.41) is 9.25. The third kappa shape index (κ3) is 2.22. The fourth-order valence-electron chi connectivity index (χ4n) is 2.35. The minimum atomic E-state index is -1.02. The fraction of sp³-hybridized carbons (Fsp3) is 0.267. The van der Waals surface area contributed by atoms with E-state index in [0.29, 0.717) is 11.5 Å². The third-order valence-electron chi connectivity index (χ3n) is 3.32. The van der Waals surface area contributed by atoms with Crippen LogP contribution in [0.25, 0.3) is 11.3 Å². The Morgan fingerprint density at radius 3 is 3.05 bits per heavy atom. The van der Waals surface area contributed by atoms with Gasteiger partial charge in [0.15, 0.2) is 0 Å². The molecule has 20 heavy (non-hydrogen) atoms. The minimum absolute atomic E-state index is 0.118. The predicted octanol–water partition coefficient (Wildman–Crippen LogP) is 2.48. The van der Waals surface area contributed by atoms with Crippen molar-refractivity contribution in [1.82, 2.24) is 9.97 Å². The Labute approximate surface area is 116 Å². The lowest BCUT2D eigenvalue weighted by Gasteiger charge is -2.18. The maximum atomic E-state index is 11.3. The number of carboxylic acids is 1. The molecule has 0 amide bonds. The molecule has 102 valence electrons. The summed E-state index contributed by atoms with van der Waals surface area (Å²) >= 11 is 0. The molecule has 1 aliphatic rings. The van der Waals surface area contributed by atoms with Crippen molar-refractivity contribution in [3.05, 3.63) is 41.3 Å². The number of ether oxygens (including phenoxy) is 1. The SMILES string of the molecule is Cc1ncc(C(=O)O)c(-c2ccc3c(c2)CCCO3)n1. The largest absolute Gasteiger partial charge is 0.493 e. The third-order valence-corrected chi connectivity index (χ3v) is 3.32. The lowest BCUT2D eigenvalue weighted by molar-refractivity contribution is 0.0697. The normalized spacial score (nSPS) is 13.4. The number of hydrogen-bond donors (Lipinski definition) is 1. The van der Waals surface area contributed by atoms with Crippen LogP contribution in [-0.4, -0.2) is 27.7 Å². The highest BCUT2D eigenvalue weighted by Crippen LogP contribution is 2.30. The van der Waals surface area contributed by atoms with Gasteiger partial charge in [-0.1, -0.05) is 0 Å². The summed E-state index contributed by atoms with van der Waals surface area (Å²) in [4.78, 5) is 19.5. The summed E-state index contributed by atoms with van der Waals surface area (Å²) in [6, 6.07) is 5.69. The van der Waals surface area contributed by atoms with Crippen LogP contribution in [0.4, 0.5) is 0 Å². The van der Waals surface area contributed by atoms with E-state index in [9.17, 15) is 9.90 Å². The topological polar surface area (TPSA) is 72.3 Å². The van der Waals surface area contributed by atoms with Gasteiger partial charge in [-0.3, -0.25) is 0 Å². The van der Waals surface area contributed by atoms with Gasteiger partial charge in [0, 0.05) is 11.8 Å². The highest BCUT2D eigenvalue weighted by Gasteiger charge is 2.17. The Morgan fingerprint density at radius 1 is 1.40 bits per heavy atom. The first-order chi connectivity index (χ1) is 9.65. The van der Waals surface area contributed by atoms with Crippen molar-refractivity contribution in [3.8, 4) is 17.0 Å². The van der Waals surface area contributed by atoms with E-state index in [4.69, 9.17) is 4.74 Å². The standard InChI is InChI=1S/C15H14N2O3/c1-9-16-8-12(15(18)19)14(17-9)11-4-5-13-10(7-11)3-2-6-20-13/h4-5,7-8H,2-3,6H2,1H3,(H,18,19). The first-order valence-corrected chi connectivity index (χ1v) is 6.48. The van der Waals surface area contributed by atoms with Crippen LogP contribution in [0.15, 0.2) is 24.4 Å². The van der Waals surface area contributed by atoms with Gasteiger partial charge in [0.05, 0.1) is 12.3 Å². The van der Waals surface area contributed by atoms with E-state index < -0.39 is 5.97 Å². The summed E-state index contributed by atoms with van der Waals surface area (Å²) in [5.41, 5.74) is 2.46. The van der Waals surface area contributed by atoms with Gasteiger partial charge in [0.25, 0.3) is 0 Å². The molecular weight excluding hydrogens is 256 g/mol. The van der Waals surface area contributed by atoms with Crippen LogP contribution in [0.1, 0.15) is 28.2 Å². The molecule has 1 aromatic carbocycles. The van der Waals surface area contributed by atoms with Gasteiger partial charge in [-0.25, -0.2) is 14.8 Å². The number of carboxylic acid groups (broad SMARTS) is 1. The molecule has 0 saturated heterocycles. The molecule has 0 unspecified atom stereocenters. The first kappa shape index (κ1) is 12.6. The average Bonchev–Trinajstić information content (AvgIpc) is 2.46. The molecule has 0 bridgehead atoms. The van der Waals surface area contributed by atoms with E-state index in [2.05, 4.69) is 9.97 Å². The molecule has 1 aliphatic heterocycles. The molecule has 5 heteroatoms. The van der Waals surface area contributed by atoms with E-state index in [-0.39, 0.29) is 5.56 Å². The van der Waals surface area contributed by atoms with Gasteiger partial charge in [-0.2, -0.15) is 0 Å². The second-order valence-electron chi connectivity index (χ2n) is 4.76. The van der Waals surface area contributed by atoms with Crippen LogP contribution in [-0.2, 0) is 6.42 Å². The summed E-state index contributed by atoms with van der Waals surface area (Å²) in [7, 11) is 0. The smallest absolute Gasteiger partial charge is 0.339 e. The number of fused-ring (bicyclic) bond motifs is 1. The monoisotopic (exact) mass is 270 g/mol. The molecule has 2 heterocycles. The van der Waals surface area contributed by atoms with Crippen LogP contribution in [0.3, 0.4) is 0 Å². The summed E-state index contributed by atoms with van der Waals surface area (Å²) in [6.07, 6.45) is 3.27. The van der Waals surface area contributed by atoms with Crippen molar-refractivity contribution < 1.29 is 14.6 Å². The molecule has 0 spiro atoms. The zero-order valence-electron chi connectivity index (χ0n) is 11.1. The van der Waals surface area contributed by atoms with Gasteiger partial charge in [0.1, 0.15) is 17.1 Å². The molecule has 3 rings (SSSR count). The Balaban J connectivity index is 2.13. The Morgan fingerprint density at radius 2 is 2.25 bits per heavy atom. The van der Waals surface area contributed by atoms with Gasteiger partial charge in [0.2, 0.25) is 0 Å². The lowest BCUT2D eigenvalue weighted by Crippen LogP contribution is -2.09. The lowest BCUT2D eigenvalue weighted by atomic mass is 10.00. The van der Waals surface area contributed by atoms with Crippen LogP contribution < -0.4 is 4.74 Å². The summed E-state index contributed by atoms with van der Waals surface area (Å²) < 4.78 is 5.57. The molecular formula is C15H14N2O3. The minimum Gasteiger partial charge on any atom is -0.493 e. The number of aromatic nitrogens is 2. The Hall–Kier alpha value is -2.43. The number of aryl methyl sites for hydroxylation is 2. The number of rotatable bonds is 2. The maximum Gasteiger partial charge on any atom is 0.339 e. The molecule has 0 radical (unpaired) electrons. The molecule has 5 nitrogen and oxygen atoms in total. The van der Waals surface area contributed by atoms with E-state index in [0.717, 1.165) is 36.3 Å². The first-order valence-electron chi connectivity index (χ1n) is 6.48. The molecule has 1 aromatic heterocycles. The van der Waals surface area contributed by atoms with Crippen molar-refractivity contribution in [1.29, 1.82) is 0 Å². The van der Waals surface area contributed by atoms with Gasteiger partial charge in [-0.05, 0) is 43.5 Å². The summed E-state index contributed by atoms with van der Waals surface area (Å²) in [6.45, 7) is 2.48. The van der Waals surface area contributed by atoms with Crippen molar-refractivity contribution in [2.75, 3.05) is 6.61 Å². The molecule has 0 saturated carbocycles. The molecule has 2 aromatic rings. The van der Waals surface area contributed by atoms with Crippen molar-refractivity contribution in [2.24, 2.45) is 0 Å². The molecule has 0 aliphatic carbocycles. The van der Waals surface area contributed by atoms with E-state index in [1.54, 1.807) is 6.92 Å². The number of nitrogens with zero attached hydrogens (tertiary/aromatic N) is 2. The highest BCUT2D eigenvalue weighted by atomic mass is 16.5. The average molecular weight is 270 g/mol. The second kappa shape index (κ2) is 4.92. The fourth-order valence-corrected chi connectivity index (χ4v) is 2.35. The Kier molecular flexibility index (Phi) is 3.10. The van der Waals surface area contributed by atoms with Gasteiger partial charge < -0.3 is 9.84 Å². The van der Waals surface area contributed by atoms with E-state index >= 15 is 0 Å². The molecule has 0 atom stereocenters. The highest BCUT2D eigenvalue weighted by molar-refractivity contribution is 5.94. The van der Waals surface area contributed by atoms with Crippen molar-refractivity contribution in [3.63, 3.8) is 0 Å². The van der Waals surface area contributed by atoms with Crippen LogP contribution >= 0.6 is 0 Å². The maximum absolute atomic E-state index is 11.3. The van der Waals surface area contributed by atoms with Gasteiger partial charge >= 0.3 is 5.97 Å². The van der Waals surface area contributed by atoms with Crippen molar-refractivity contribution in [2.45, 2.75) is 19.8 Å².